The van der Waals surface area contributed by atoms with Gasteiger partial charge in [-0.1, -0.05) is 89.0 Å². The number of hydrogen-bond donors (Lipinski definition) is 2. The molecule has 3 atom stereocenters. The predicted molar refractivity (Wildman–Crippen MR) is 193 cm³/mol. The molecule has 3 aromatic rings. The second-order valence-corrected chi connectivity index (χ2v) is 12.5. The van der Waals surface area contributed by atoms with Crippen molar-refractivity contribution in [2.45, 2.75) is 104 Å². The molecule has 3 rings (SSSR count). The average molecular weight is 689 g/mol. The van der Waals surface area contributed by atoms with Crippen LogP contribution in [0.3, 0.4) is 0 Å². The number of ether oxygens (including phenoxy) is 1. The number of carbonyl (C=O) groups excluding carboxylic acids is 1. The summed E-state index contributed by atoms with van der Waals surface area (Å²) >= 11 is 12.9. The van der Waals surface area contributed by atoms with Crippen molar-refractivity contribution < 1.29 is 23.4 Å². The Balaban J connectivity index is 0.00000376. The van der Waals surface area contributed by atoms with Crippen LogP contribution in [-0.4, -0.2) is 17.1 Å². The van der Waals surface area contributed by atoms with Crippen LogP contribution in [0.2, 0.25) is 10.0 Å². The number of rotatable bonds is 15. The van der Waals surface area contributed by atoms with Gasteiger partial charge in [0.15, 0.2) is 5.60 Å². The fraction of sp³-hybridized carbons (Fsp3) is 0.410. The number of aliphatic hydroxyl groups excluding tert-OH is 1. The van der Waals surface area contributed by atoms with Gasteiger partial charge in [0.25, 0.3) is 0 Å². The number of hydrogen-bond acceptors (Lipinski definition) is 3. The van der Waals surface area contributed by atoms with Gasteiger partial charge in [-0.15, -0.1) is 0 Å². The first-order valence-electron chi connectivity index (χ1n) is 16.3. The molecule has 0 heterocycles. The van der Waals surface area contributed by atoms with E-state index in [1.807, 2.05) is 61.5 Å². The SMILES string of the molecule is C=C(O)C(CC)(CC)Oc1ccc(Cl)cc1C(C/C(C)=C\CC)C(c1cc(F)c(Cl)cc1NC=O)C(C)c1cc(F)ccc1C.CC. The van der Waals surface area contributed by atoms with E-state index in [2.05, 4.69) is 18.0 Å². The molecule has 0 spiro atoms. The van der Waals surface area contributed by atoms with Gasteiger partial charge in [0.2, 0.25) is 6.41 Å². The predicted octanol–water partition coefficient (Wildman–Crippen LogP) is 12.6. The Morgan fingerprint density at radius 2 is 1.68 bits per heavy atom. The van der Waals surface area contributed by atoms with Crippen molar-refractivity contribution in [1.82, 2.24) is 0 Å². The number of aliphatic hydroxyl groups is 1. The number of carbonyl (C=O) groups is 1. The third-order valence-electron chi connectivity index (χ3n) is 8.81. The van der Waals surface area contributed by atoms with Crippen molar-refractivity contribution >= 4 is 35.3 Å². The fourth-order valence-electron chi connectivity index (χ4n) is 6.34. The van der Waals surface area contributed by atoms with Crippen molar-refractivity contribution in [3.8, 4) is 5.75 Å². The minimum Gasteiger partial charge on any atom is -0.509 e. The van der Waals surface area contributed by atoms with Crippen LogP contribution in [0.5, 0.6) is 5.75 Å². The normalized spacial score (nSPS) is 13.6. The van der Waals surface area contributed by atoms with E-state index >= 15 is 4.39 Å². The van der Waals surface area contributed by atoms with Crippen LogP contribution < -0.4 is 10.1 Å². The zero-order chi connectivity index (χ0) is 35.5. The van der Waals surface area contributed by atoms with Gasteiger partial charge in [-0.3, -0.25) is 4.79 Å². The highest BCUT2D eigenvalue weighted by molar-refractivity contribution is 6.31. The highest BCUT2D eigenvalue weighted by atomic mass is 35.5. The lowest BCUT2D eigenvalue weighted by Gasteiger charge is -2.38. The van der Waals surface area contributed by atoms with Gasteiger partial charge in [-0.2, -0.15) is 0 Å². The van der Waals surface area contributed by atoms with E-state index in [0.717, 1.165) is 28.7 Å². The standard InChI is InChI=1S/C37H43Cl2F2NO3.C2H6/c1-8-11-22(4)16-30(29-17-26(38)13-15-35(29)45-37(9-2,10-3)25(7)44)36(24(6)28-18-27(40)14-12-23(28)5)31-19-33(41)32(39)20-34(31)42-21-43;1-2/h11-15,17-21,24,30,36,44H,7-10,16H2,1-6H3,(H,42,43);1-2H3/b22-11-;. The van der Waals surface area contributed by atoms with Gasteiger partial charge in [0.1, 0.15) is 23.1 Å². The maximum absolute atomic E-state index is 15.4. The molecule has 0 aliphatic carbocycles. The van der Waals surface area contributed by atoms with E-state index in [1.165, 1.54) is 24.3 Å². The lowest BCUT2D eigenvalue weighted by atomic mass is 9.69. The van der Waals surface area contributed by atoms with Gasteiger partial charge in [-0.25, -0.2) is 8.78 Å². The van der Waals surface area contributed by atoms with Crippen LogP contribution in [0.1, 0.15) is 114 Å². The van der Waals surface area contributed by atoms with Crippen molar-refractivity contribution in [2.75, 3.05) is 5.32 Å². The monoisotopic (exact) mass is 687 g/mol. The molecule has 256 valence electrons. The van der Waals surface area contributed by atoms with Gasteiger partial charge >= 0.3 is 0 Å². The summed E-state index contributed by atoms with van der Waals surface area (Å²) in [6.45, 7) is 19.6. The second-order valence-electron chi connectivity index (χ2n) is 11.6. The fourth-order valence-corrected chi connectivity index (χ4v) is 6.68. The molecule has 2 N–H and O–H groups in total. The van der Waals surface area contributed by atoms with Crippen LogP contribution >= 0.6 is 23.2 Å². The molecule has 4 nitrogen and oxygen atoms in total. The summed E-state index contributed by atoms with van der Waals surface area (Å²) in [6.07, 6.45) is 4.86. The molecular weight excluding hydrogens is 639 g/mol. The first kappa shape index (κ1) is 39.8. The molecule has 47 heavy (non-hydrogen) atoms. The van der Waals surface area contributed by atoms with E-state index in [0.29, 0.717) is 47.7 Å². The molecule has 0 aliphatic rings. The lowest BCUT2D eigenvalue weighted by molar-refractivity contribution is -0.105. The molecule has 0 bridgehead atoms. The Hall–Kier alpha value is -3.35. The highest BCUT2D eigenvalue weighted by Gasteiger charge is 2.38. The number of allylic oxidation sites excluding steroid dienone is 2. The summed E-state index contributed by atoms with van der Waals surface area (Å²) < 4.78 is 36.8. The maximum atomic E-state index is 15.4. The third kappa shape index (κ3) is 9.61. The molecular formula is C39H49Cl2F2NO3. The van der Waals surface area contributed by atoms with E-state index in [1.54, 1.807) is 18.2 Å². The Morgan fingerprint density at radius 3 is 2.26 bits per heavy atom. The van der Waals surface area contributed by atoms with Crippen LogP contribution in [0.15, 0.2) is 72.5 Å². The van der Waals surface area contributed by atoms with E-state index in [9.17, 15) is 14.3 Å². The first-order valence-corrected chi connectivity index (χ1v) is 17.0. The molecule has 3 unspecified atom stereocenters. The number of benzene rings is 3. The van der Waals surface area contributed by atoms with E-state index in [-0.39, 0.29) is 10.8 Å². The van der Waals surface area contributed by atoms with Gasteiger partial charge in [0, 0.05) is 10.7 Å². The number of nitrogens with one attached hydrogen (secondary N) is 1. The molecule has 1 amide bonds. The summed E-state index contributed by atoms with van der Waals surface area (Å²) in [5.74, 6) is -2.01. The lowest BCUT2D eigenvalue weighted by Crippen LogP contribution is -2.37. The largest absolute Gasteiger partial charge is 0.509 e. The summed E-state index contributed by atoms with van der Waals surface area (Å²) in [4.78, 5) is 11.8. The summed E-state index contributed by atoms with van der Waals surface area (Å²) in [5, 5.41) is 13.7. The van der Waals surface area contributed by atoms with Gasteiger partial charge in [-0.05, 0) is 122 Å². The van der Waals surface area contributed by atoms with Crippen LogP contribution in [-0.2, 0) is 4.79 Å². The van der Waals surface area contributed by atoms with Crippen molar-refractivity contribution in [3.63, 3.8) is 0 Å². The molecule has 8 heteroatoms. The third-order valence-corrected chi connectivity index (χ3v) is 9.33. The number of anilines is 1. The maximum Gasteiger partial charge on any atom is 0.211 e. The second kappa shape index (κ2) is 18.3. The van der Waals surface area contributed by atoms with Crippen LogP contribution in [0.4, 0.5) is 14.5 Å². The Kier molecular flexibility index (Phi) is 15.5. The Labute approximate surface area is 289 Å². The molecule has 3 aromatic carbocycles. The summed E-state index contributed by atoms with van der Waals surface area (Å²) in [6, 6.07) is 12.7. The molecule has 0 fully saturated rings. The van der Waals surface area contributed by atoms with Crippen molar-refractivity contribution in [3.05, 3.63) is 116 Å². The van der Waals surface area contributed by atoms with Crippen molar-refractivity contribution in [2.24, 2.45) is 0 Å². The zero-order valence-corrected chi connectivity index (χ0v) is 30.3. The Morgan fingerprint density at radius 1 is 1.02 bits per heavy atom. The molecule has 0 radical (unpaired) electrons. The molecule has 0 saturated heterocycles. The molecule has 0 saturated carbocycles. The van der Waals surface area contributed by atoms with E-state index in [4.69, 9.17) is 27.9 Å². The van der Waals surface area contributed by atoms with Crippen LogP contribution in [0, 0.1) is 18.6 Å². The van der Waals surface area contributed by atoms with Crippen LogP contribution in [0.25, 0.3) is 0 Å². The average Bonchev–Trinajstić information content (AvgIpc) is 3.04. The minimum atomic E-state index is -1.06. The van der Waals surface area contributed by atoms with Gasteiger partial charge < -0.3 is 15.2 Å². The summed E-state index contributed by atoms with van der Waals surface area (Å²) in [5.41, 5.74) is 3.17. The van der Waals surface area contributed by atoms with Crippen molar-refractivity contribution in [1.29, 1.82) is 0 Å². The number of aryl methyl sites for hydroxylation is 1. The number of amides is 1. The van der Waals surface area contributed by atoms with E-state index < -0.39 is 35.0 Å². The first-order chi connectivity index (χ1) is 22.3. The highest BCUT2D eigenvalue weighted by Crippen LogP contribution is 2.52. The van der Waals surface area contributed by atoms with Gasteiger partial charge in [0.05, 0.1) is 5.02 Å². The Bertz CT molecular complexity index is 1550. The topological polar surface area (TPSA) is 58.6 Å². The molecule has 0 aliphatic heterocycles. The zero-order valence-electron chi connectivity index (χ0n) is 28.8. The summed E-state index contributed by atoms with van der Waals surface area (Å²) in [7, 11) is 0. The molecule has 0 aromatic heterocycles. The smallest absolute Gasteiger partial charge is 0.211 e. The number of halogens is 4. The quantitative estimate of drug-likeness (QED) is 0.0949. The minimum absolute atomic E-state index is 0.0930.